The van der Waals surface area contributed by atoms with Crippen molar-refractivity contribution in [3.63, 3.8) is 0 Å². The van der Waals surface area contributed by atoms with E-state index in [1.807, 2.05) is 0 Å². The van der Waals surface area contributed by atoms with Gasteiger partial charge < -0.3 is 9.80 Å². The molecule has 1 aliphatic rings. The Hall–Kier alpha value is -2.07. The van der Waals surface area contributed by atoms with Crippen LogP contribution in [-0.4, -0.2) is 58.6 Å². The normalized spacial score (nSPS) is 14.5. The zero-order valence-electron chi connectivity index (χ0n) is 19.2. The fourth-order valence-electron chi connectivity index (χ4n) is 2.91. The summed E-state index contributed by atoms with van der Waals surface area (Å²) in [6.07, 6.45) is -0.389. The lowest BCUT2D eigenvalue weighted by Gasteiger charge is -2.17. The molecule has 5 nitrogen and oxygen atoms in total. The number of amides is 1. The number of nitrogens with zero attached hydrogens (tertiary/aromatic N) is 4. The highest BCUT2D eigenvalue weighted by Gasteiger charge is 2.36. The van der Waals surface area contributed by atoms with Gasteiger partial charge in [-0.05, 0) is 33.3 Å². The molecule has 0 spiro atoms. The van der Waals surface area contributed by atoms with Crippen LogP contribution in [0.4, 0.5) is 13.2 Å². The molecule has 0 aliphatic carbocycles. The van der Waals surface area contributed by atoms with E-state index in [0.717, 1.165) is 24.1 Å². The van der Waals surface area contributed by atoms with Crippen molar-refractivity contribution in [1.82, 2.24) is 19.8 Å². The standard InChI is InChI=1S/C14H12F3N3OS2.C8H17N/c1-7-18-6-8(14(15,16)17)11(19-7)9-5-10-12(23-9)13(21)20(2)3-4-22-10;1-5-7-9(4)8(3)6-2/h5-6H,3-4H2,1-2H3;6H,5,7H2,1-4H3/b;8-6+. The number of thioether (sulfide) groups is 1. The predicted octanol–water partition coefficient (Wildman–Crippen LogP) is 5.96. The third-order valence-corrected chi connectivity index (χ3v) is 7.23. The van der Waals surface area contributed by atoms with Crippen molar-refractivity contribution in [2.24, 2.45) is 0 Å². The number of hydrogen-bond donors (Lipinski definition) is 0. The molecule has 3 heterocycles. The maximum Gasteiger partial charge on any atom is 0.420 e. The summed E-state index contributed by atoms with van der Waals surface area (Å²) in [6, 6.07) is 1.62. The third kappa shape index (κ3) is 6.48. The Morgan fingerprint density at radius 3 is 2.66 bits per heavy atom. The second-order valence-electron chi connectivity index (χ2n) is 7.41. The zero-order chi connectivity index (χ0) is 24.1. The maximum absolute atomic E-state index is 13.2. The highest BCUT2D eigenvalue weighted by atomic mass is 32.2. The van der Waals surface area contributed by atoms with Crippen LogP contribution in [0.2, 0.25) is 0 Å². The molecule has 32 heavy (non-hydrogen) atoms. The molecule has 0 aromatic carbocycles. The van der Waals surface area contributed by atoms with Crippen molar-refractivity contribution in [2.45, 2.75) is 45.2 Å². The van der Waals surface area contributed by atoms with Crippen LogP contribution in [0.1, 0.15) is 48.3 Å². The van der Waals surface area contributed by atoms with Crippen LogP contribution in [0, 0.1) is 6.92 Å². The molecule has 3 rings (SSSR count). The van der Waals surface area contributed by atoms with Crippen molar-refractivity contribution in [1.29, 1.82) is 0 Å². The molecule has 0 radical (unpaired) electrons. The fourth-order valence-corrected chi connectivity index (χ4v) is 5.34. The second kappa shape index (κ2) is 11.2. The monoisotopic (exact) mass is 486 g/mol. The van der Waals surface area contributed by atoms with Gasteiger partial charge in [-0.2, -0.15) is 13.2 Å². The average Bonchev–Trinajstić information content (AvgIpc) is 3.11. The number of carbonyl (C=O) groups is 1. The Morgan fingerprint density at radius 2 is 2.06 bits per heavy atom. The number of aryl methyl sites for hydroxylation is 1. The van der Waals surface area contributed by atoms with Crippen molar-refractivity contribution in [3.05, 3.63) is 40.3 Å². The van der Waals surface area contributed by atoms with E-state index in [9.17, 15) is 18.0 Å². The van der Waals surface area contributed by atoms with Crippen LogP contribution >= 0.6 is 23.1 Å². The van der Waals surface area contributed by atoms with Crippen molar-refractivity contribution < 1.29 is 18.0 Å². The highest BCUT2D eigenvalue weighted by Crippen LogP contribution is 2.42. The summed E-state index contributed by atoms with van der Waals surface area (Å²) in [5, 5.41) is 0. The topological polar surface area (TPSA) is 49.3 Å². The van der Waals surface area contributed by atoms with Crippen LogP contribution in [0.3, 0.4) is 0 Å². The Bertz CT molecular complexity index is 973. The lowest BCUT2D eigenvalue weighted by atomic mass is 10.2. The minimum atomic E-state index is -4.54. The number of fused-ring (bicyclic) bond motifs is 1. The molecule has 176 valence electrons. The molecule has 0 N–H and O–H groups in total. The minimum absolute atomic E-state index is 0.166. The van der Waals surface area contributed by atoms with Gasteiger partial charge in [0, 0.05) is 49.7 Å². The number of rotatable bonds is 4. The van der Waals surface area contributed by atoms with Crippen molar-refractivity contribution in [3.8, 4) is 10.6 Å². The molecule has 2 aromatic heterocycles. The SMILES string of the molecule is C/C=C(\C)N(C)CCC.Cc1ncc(C(F)(F)F)c(-c2cc3c(s2)C(=O)N(C)CCS3)n1. The number of thiophene rings is 1. The van der Waals surface area contributed by atoms with E-state index in [0.29, 0.717) is 26.9 Å². The number of aromatic nitrogens is 2. The van der Waals surface area contributed by atoms with Gasteiger partial charge in [-0.1, -0.05) is 13.0 Å². The van der Waals surface area contributed by atoms with Crippen molar-refractivity contribution >= 4 is 29.0 Å². The Labute approximate surface area is 195 Å². The molecule has 0 saturated carbocycles. The van der Waals surface area contributed by atoms with Gasteiger partial charge in [-0.3, -0.25) is 4.79 Å². The van der Waals surface area contributed by atoms with E-state index in [4.69, 9.17) is 0 Å². The van der Waals surface area contributed by atoms with E-state index in [2.05, 4.69) is 48.8 Å². The number of allylic oxidation sites excluding steroid dienone is 2. The molecule has 1 amide bonds. The number of hydrogen-bond acceptors (Lipinski definition) is 6. The summed E-state index contributed by atoms with van der Waals surface area (Å²) >= 11 is 2.52. The Morgan fingerprint density at radius 1 is 1.38 bits per heavy atom. The summed E-state index contributed by atoms with van der Waals surface area (Å²) in [4.78, 5) is 25.3. The molecular weight excluding hydrogens is 457 g/mol. The molecule has 2 aromatic rings. The van der Waals surface area contributed by atoms with E-state index in [1.165, 1.54) is 30.8 Å². The van der Waals surface area contributed by atoms with E-state index in [-0.39, 0.29) is 17.4 Å². The van der Waals surface area contributed by atoms with Gasteiger partial charge in [0.15, 0.2) is 0 Å². The minimum Gasteiger partial charge on any atom is -0.378 e. The van der Waals surface area contributed by atoms with Crippen LogP contribution in [0.5, 0.6) is 0 Å². The maximum atomic E-state index is 13.2. The van der Waals surface area contributed by atoms with Crippen LogP contribution in [0.15, 0.2) is 28.9 Å². The number of alkyl halides is 3. The van der Waals surface area contributed by atoms with Gasteiger partial charge in [0.25, 0.3) is 5.91 Å². The average molecular weight is 487 g/mol. The van der Waals surface area contributed by atoms with Crippen LogP contribution in [0.25, 0.3) is 10.6 Å². The van der Waals surface area contributed by atoms with E-state index in [1.54, 1.807) is 18.0 Å². The molecule has 10 heteroatoms. The van der Waals surface area contributed by atoms with Crippen LogP contribution < -0.4 is 0 Å². The predicted molar refractivity (Wildman–Crippen MR) is 125 cm³/mol. The molecule has 0 unspecified atom stereocenters. The largest absolute Gasteiger partial charge is 0.420 e. The highest BCUT2D eigenvalue weighted by molar-refractivity contribution is 7.99. The van der Waals surface area contributed by atoms with Crippen LogP contribution in [-0.2, 0) is 6.18 Å². The molecule has 0 saturated heterocycles. The van der Waals surface area contributed by atoms with E-state index < -0.39 is 11.7 Å². The summed E-state index contributed by atoms with van der Waals surface area (Å²) < 4.78 is 39.6. The fraction of sp³-hybridized carbons (Fsp3) is 0.500. The van der Waals surface area contributed by atoms with E-state index >= 15 is 0 Å². The summed E-state index contributed by atoms with van der Waals surface area (Å²) in [7, 11) is 3.81. The molecule has 1 aliphatic heterocycles. The van der Waals surface area contributed by atoms with Gasteiger partial charge in [0.05, 0.1) is 10.6 Å². The first kappa shape index (κ1) is 26.2. The first-order valence-corrected chi connectivity index (χ1v) is 12.1. The van der Waals surface area contributed by atoms with Gasteiger partial charge in [-0.25, -0.2) is 9.97 Å². The first-order chi connectivity index (χ1) is 15.0. The smallest absolute Gasteiger partial charge is 0.378 e. The summed E-state index contributed by atoms with van der Waals surface area (Å²) in [5.41, 5.74) is 0.307. The van der Waals surface area contributed by atoms with Gasteiger partial charge in [-0.15, -0.1) is 23.1 Å². The second-order valence-corrected chi connectivity index (χ2v) is 9.60. The zero-order valence-corrected chi connectivity index (χ0v) is 20.8. The number of carbonyl (C=O) groups excluding carboxylic acids is 1. The summed E-state index contributed by atoms with van der Waals surface area (Å²) in [5.74, 6) is 0.800. The molecule has 0 atom stereocenters. The van der Waals surface area contributed by atoms with Gasteiger partial charge in [0.1, 0.15) is 16.3 Å². The third-order valence-electron chi connectivity index (χ3n) is 4.95. The van der Waals surface area contributed by atoms with Gasteiger partial charge in [0.2, 0.25) is 0 Å². The molecule has 0 bridgehead atoms. The lowest BCUT2D eigenvalue weighted by Crippen LogP contribution is -2.26. The Kier molecular flexibility index (Phi) is 9.15. The lowest BCUT2D eigenvalue weighted by molar-refractivity contribution is -0.137. The molecular formula is C22H29F3N4OS2. The van der Waals surface area contributed by atoms with Crippen molar-refractivity contribution in [2.75, 3.05) is 32.9 Å². The Balaban J connectivity index is 0.000000344. The summed E-state index contributed by atoms with van der Waals surface area (Å²) in [6.45, 7) is 9.71. The number of halogens is 3. The quantitative estimate of drug-likeness (QED) is 0.534. The molecule has 0 fully saturated rings. The first-order valence-electron chi connectivity index (χ1n) is 10.3. The van der Waals surface area contributed by atoms with Gasteiger partial charge >= 0.3 is 6.18 Å².